The summed E-state index contributed by atoms with van der Waals surface area (Å²) in [5.41, 5.74) is 5.09. The fraction of sp³-hybridized carbons (Fsp3) is 0.384. The predicted octanol–water partition coefficient (Wildman–Crippen LogP) is 9.58. The van der Waals surface area contributed by atoms with Gasteiger partial charge < -0.3 is 80.9 Å². The summed E-state index contributed by atoms with van der Waals surface area (Å²) >= 11 is 0. The van der Waals surface area contributed by atoms with Crippen molar-refractivity contribution in [3.63, 3.8) is 0 Å². The molecule has 7 aromatic carbocycles. The maximum absolute atomic E-state index is 13.3. The minimum absolute atomic E-state index is 0.0327. The lowest BCUT2D eigenvalue weighted by Crippen LogP contribution is -2.67. The van der Waals surface area contributed by atoms with E-state index < -0.39 is 117 Å². The molecule has 15 atom stereocenters. The normalized spacial score (nSPS) is 26.1. The largest absolute Gasteiger partial charge is 0.497 e. The van der Waals surface area contributed by atoms with Crippen LogP contribution in [0.15, 0.2) is 206 Å². The van der Waals surface area contributed by atoms with Crippen LogP contribution in [0.5, 0.6) is 11.5 Å². The summed E-state index contributed by atoms with van der Waals surface area (Å²) in [6.07, 6.45) is -19.7. The smallest absolute Gasteiger partial charge is 0.303 e. The molecule has 0 aliphatic carbocycles. The number of methoxy groups -OCH3 is 1. The zero-order valence-electron chi connectivity index (χ0n) is 52.4. The summed E-state index contributed by atoms with van der Waals surface area (Å²) in [7, 11) is 1.57. The third-order valence-electron chi connectivity index (χ3n) is 15.7. The Hall–Kier alpha value is -7.93. The fourth-order valence-electron chi connectivity index (χ4n) is 11.2. The van der Waals surface area contributed by atoms with Crippen LogP contribution in [0.3, 0.4) is 0 Å². The molecule has 0 bridgehead atoms. The van der Waals surface area contributed by atoms with Gasteiger partial charge in [0.2, 0.25) is 6.29 Å². The standard InChI is InChI=1S/C73H80O20/c1-48(74)86-65-62(77)59(47-85-71-70(88-50(3)76)66(82-42-54-29-17-8-18-30-54)63(81-41-53-27-15-7-16-28-53)60(91-71)45-79-39-51-23-11-5-12-24-51)90-73(69(65)87-49(2)75)93-64-61(46-80-40-52-25-13-6-14-26-52)92-72(89-58-37-35-57(78-4)36-38-58)68(84-44-56-33-21-10-22-34-56)67(64)83-43-55-31-19-9-20-32-55/h5-38,59-73,77H,39-47H2,1-4H3/t59-,60-,61-,62+,63+,64-,65+,66+,67+,68-,69-,70-,71-,72-,73+/m1/s1. The minimum atomic E-state index is -1.77. The van der Waals surface area contributed by atoms with Crippen molar-refractivity contribution in [2.24, 2.45) is 0 Å². The summed E-state index contributed by atoms with van der Waals surface area (Å²) in [4.78, 5) is 40.0. The first-order chi connectivity index (χ1) is 45.4. The monoisotopic (exact) mass is 1280 g/mol. The molecule has 3 aliphatic rings. The zero-order valence-corrected chi connectivity index (χ0v) is 52.4. The van der Waals surface area contributed by atoms with E-state index in [2.05, 4.69) is 0 Å². The number of carbonyl (C=O) groups excluding carboxylic acids is 3. The molecule has 0 radical (unpaired) electrons. The predicted molar refractivity (Wildman–Crippen MR) is 335 cm³/mol. The fourth-order valence-corrected chi connectivity index (χ4v) is 11.2. The molecule has 0 amide bonds. The molecule has 93 heavy (non-hydrogen) atoms. The van der Waals surface area contributed by atoms with Gasteiger partial charge in [-0.3, -0.25) is 14.4 Å². The number of ether oxygens (including phenoxy) is 16. The van der Waals surface area contributed by atoms with Crippen LogP contribution in [0.2, 0.25) is 0 Å². The number of benzene rings is 7. The Bertz CT molecular complexity index is 3320. The number of rotatable bonds is 31. The van der Waals surface area contributed by atoms with Gasteiger partial charge in [0.15, 0.2) is 30.9 Å². The molecule has 0 saturated carbocycles. The van der Waals surface area contributed by atoms with Gasteiger partial charge in [0, 0.05) is 20.8 Å². The number of hydrogen-bond acceptors (Lipinski definition) is 20. The molecule has 20 heteroatoms. The number of esters is 3. The van der Waals surface area contributed by atoms with Gasteiger partial charge in [-0.25, -0.2) is 0 Å². The Morgan fingerprint density at radius 1 is 0.344 bits per heavy atom. The van der Waals surface area contributed by atoms with Crippen LogP contribution in [0, 0.1) is 0 Å². The molecular formula is C73H80O20. The topological polar surface area (TPSA) is 219 Å². The summed E-state index contributed by atoms with van der Waals surface area (Å²) < 4.78 is 105. The van der Waals surface area contributed by atoms with Gasteiger partial charge in [0.1, 0.15) is 66.4 Å². The van der Waals surface area contributed by atoms with Crippen LogP contribution < -0.4 is 9.47 Å². The Morgan fingerprint density at radius 3 is 1.12 bits per heavy atom. The van der Waals surface area contributed by atoms with Crippen molar-refractivity contribution in [3.05, 3.63) is 240 Å². The Morgan fingerprint density at radius 2 is 0.688 bits per heavy atom. The van der Waals surface area contributed by atoms with E-state index in [1.165, 1.54) is 6.92 Å². The summed E-state index contributed by atoms with van der Waals surface area (Å²) in [6, 6.07) is 64.2. The van der Waals surface area contributed by atoms with Gasteiger partial charge in [0.05, 0.1) is 66.6 Å². The molecule has 10 rings (SSSR count). The Labute approximate surface area is 541 Å². The molecule has 3 heterocycles. The van der Waals surface area contributed by atoms with E-state index in [1.807, 2.05) is 182 Å². The second-order valence-electron chi connectivity index (χ2n) is 22.6. The van der Waals surface area contributed by atoms with Crippen molar-refractivity contribution in [1.82, 2.24) is 0 Å². The number of hydrogen-bond donors (Lipinski definition) is 1. The lowest BCUT2D eigenvalue weighted by atomic mass is 9.95. The molecule has 3 fully saturated rings. The molecule has 0 unspecified atom stereocenters. The SMILES string of the molecule is COc1ccc(O[C@@H]2O[C@H](COCc3ccccc3)[C@@H](O[C@@H]3O[C@H](CO[C@@H]4O[C@H](COCc5ccccc5)[C@H](OCc5ccccc5)[C@H](OCc5ccccc5)[C@H]4OC(C)=O)[C@H](O)[C@H](OC(C)=O)[C@H]3OC(C)=O)[C@H](OCc3ccccc3)[C@H]2OCc2ccccc2)cc1. The molecule has 20 nitrogen and oxygen atoms in total. The third-order valence-corrected chi connectivity index (χ3v) is 15.7. The first kappa shape index (κ1) is 67.9. The molecule has 0 aromatic heterocycles. The van der Waals surface area contributed by atoms with Gasteiger partial charge in [-0.2, -0.15) is 0 Å². The van der Waals surface area contributed by atoms with E-state index in [0.717, 1.165) is 47.2 Å². The van der Waals surface area contributed by atoms with E-state index in [-0.39, 0.29) is 52.9 Å². The highest BCUT2D eigenvalue weighted by Gasteiger charge is 2.57. The molecule has 0 spiro atoms. The van der Waals surface area contributed by atoms with Crippen molar-refractivity contribution in [3.8, 4) is 11.5 Å². The number of aliphatic hydroxyl groups is 1. The van der Waals surface area contributed by atoms with Gasteiger partial charge >= 0.3 is 17.9 Å². The van der Waals surface area contributed by atoms with E-state index in [1.54, 1.807) is 31.4 Å². The number of carbonyl (C=O) groups is 3. The first-order valence-electron chi connectivity index (χ1n) is 31.0. The molecule has 492 valence electrons. The summed E-state index contributed by atoms with van der Waals surface area (Å²) in [5.74, 6) is -1.32. The van der Waals surface area contributed by atoms with Crippen LogP contribution >= 0.6 is 0 Å². The molecule has 7 aromatic rings. The minimum Gasteiger partial charge on any atom is -0.497 e. The zero-order chi connectivity index (χ0) is 64.7. The number of aliphatic hydroxyl groups excluding tert-OH is 1. The van der Waals surface area contributed by atoms with Crippen molar-refractivity contribution < 1.29 is 95.3 Å². The lowest BCUT2D eigenvalue weighted by molar-refractivity contribution is -0.368. The highest BCUT2D eigenvalue weighted by molar-refractivity contribution is 5.67. The quantitative estimate of drug-likeness (QED) is 0.0316. The molecule has 3 saturated heterocycles. The maximum Gasteiger partial charge on any atom is 0.303 e. The van der Waals surface area contributed by atoms with E-state index >= 15 is 0 Å². The second kappa shape index (κ2) is 34.8. The Balaban J connectivity index is 1.01. The average molecular weight is 1280 g/mol. The summed E-state index contributed by atoms with van der Waals surface area (Å²) in [6.45, 7) is 3.50. The van der Waals surface area contributed by atoms with Gasteiger partial charge in [-0.1, -0.05) is 182 Å². The van der Waals surface area contributed by atoms with Crippen LogP contribution in [0.1, 0.15) is 54.2 Å². The van der Waals surface area contributed by atoms with E-state index in [4.69, 9.17) is 75.8 Å². The van der Waals surface area contributed by atoms with Crippen LogP contribution in [0.25, 0.3) is 0 Å². The van der Waals surface area contributed by atoms with Gasteiger partial charge in [0.25, 0.3) is 0 Å². The van der Waals surface area contributed by atoms with Crippen molar-refractivity contribution in [2.45, 2.75) is 153 Å². The van der Waals surface area contributed by atoms with Crippen molar-refractivity contribution >= 4 is 17.9 Å². The van der Waals surface area contributed by atoms with Crippen LogP contribution in [-0.4, -0.2) is 142 Å². The highest BCUT2D eigenvalue weighted by Crippen LogP contribution is 2.38. The third kappa shape index (κ3) is 19.8. The maximum atomic E-state index is 13.3. The highest BCUT2D eigenvalue weighted by atomic mass is 16.8. The van der Waals surface area contributed by atoms with Crippen molar-refractivity contribution in [2.75, 3.05) is 26.9 Å². The molecule has 1 N–H and O–H groups in total. The van der Waals surface area contributed by atoms with Crippen LogP contribution in [0.4, 0.5) is 0 Å². The lowest BCUT2D eigenvalue weighted by Gasteiger charge is -2.49. The molecule has 3 aliphatic heterocycles. The van der Waals surface area contributed by atoms with Crippen molar-refractivity contribution in [1.29, 1.82) is 0 Å². The van der Waals surface area contributed by atoms with E-state index in [0.29, 0.717) is 11.5 Å². The molecular weight excluding hydrogens is 1200 g/mol. The van der Waals surface area contributed by atoms with Gasteiger partial charge in [-0.05, 0) is 57.6 Å². The van der Waals surface area contributed by atoms with Crippen LogP contribution in [-0.2, 0) is 120 Å². The average Bonchev–Trinajstić information content (AvgIpc) is 0.797. The summed E-state index contributed by atoms with van der Waals surface area (Å²) in [5, 5.41) is 12.5. The Kier molecular flexibility index (Phi) is 25.4. The van der Waals surface area contributed by atoms with E-state index in [9.17, 15) is 19.5 Å². The second-order valence-corrected chi connectivity index (χ2v) is 22.6. The van der Waals surface area contributed by atoms with Gasteiger partial charge in [-0.15, -0.1) is 0 Å². The first-order valence-corrected chi connectivity index (χ1v) is 31.0.